The van der Waals surface area contributed by atoms with Gasteiger partial charge in [0.15, 0.2) is 0 Å². The van der Waals surface area contributed by atoms with E-state index >= 15 is 0 Å². The quantitative estimate of drug-likeness (QED) is 0.0452. The summed E-state index contributed by atoms with van der Waals surface area (Å²) >= 11 is 0. The van der Waals surface area contributed by atoms with Crippen LogP contribution < -0.4 is 28.7 Å². The molecule has 4 atom stereocenters. The van der Waals surface area contributed by atoms with Gasteiger partial charge in [-0.25, -0.2) is 0 Å². The third kappa shape index (κ3) is 17.8. The molecule has 0 fully saturated rings. The van der Waals surface area contributed by atoms with Crippen molar-refractivity contribution in [2.45, 2.75) is 104 Å². The van der Waals surface area contributed by atoms with Gasteiger partial charge >= 0.3 is 44.0 Å². The lowest BCUT2D eigenvalue weighted by molar-refractivity contribution is 0.0354. The third-order valence-electron chi connectivity index (χ3n) is 7.08. The Balaban J connectivity index is 7.73. The summed E-state index contributed by atoms with van der Waals surface area (Å²) < 4.78 is 73.1. The molecular formula is C29H71N5O11Si5. The minimum Gasteiger partial charge on any atom is -0.451 e. The van der Waals surface area contributed by atoms with Crippen molar-refractivity contribution in [1.82, 2.24) is 0 Å². The highest BCUT2D eigenvalue weighted by Crippen LogP contribution is 2.37. The first-order valence-corrected chi connectivity index (χ1v) is 28.0. The molecule has 0 aliphatic heterocycles. The predicted octanol–water partition coefficient (Wildman–Crippen LogP) is 2.32. The molecule has 0 aliphatic carbocycles. The maximum absolute atomic E-state index is 7.27. The molecule has 21 heteroatoms. The largest absolute Gasteiger partial charge is 0.567 e. The molecule has 0 saturated heterocycles. The first kappa shape index (κ1) is 49.8. The van der Waals surface area contributed by atoms with Crippen LogP contribution in [0.4, 0.5) is 0 Å². The lowest BCUT2D eigenvalue weighted by Crippen LogP contribution is -2.69. The standard InChI is InChI=1S/C29H71N5O11Si5/c1-8-35-46(36-9-2,25-15-20-30)42-48(39-12-5,27-17-22-32)44-50(41-14-7,29-19-24-34)45-49(40-13-6,28-18-23-33)43-47(37-10-3,38-11-4)26-16-21-31/h1H,9-34H2,2-7H3. The van der Waals surface area contributed by atoms with E-state index in [1.807, 2.05) is 41.5 Å². The van der Waals surface area contributed by atoms with Gasteiger partial charge in [-0.05, 0) is 106 Å². The van der Waals surface area contributed by atoms with E-state index in [0.717, 1.165) is 0 Å². The van der Waals surface area contributed by atoms with Crippen molar-refractivity contribution < 1.29 is 47.4 Å². The molecule has 298 valence electrons. The van der Waals surface area contributed by atoms with Crippen molar-refractivity contribution in [3.63, 3.8) is 0 Å². The SMILES string of the molecule is C#CO[Si](CCCN)(OCC)O[Si](CCCN)(OCC)O[Si](CCCN)(OCC)O[Si](CCCN)(OCC)O[Si](CCCN)(OCC)OCC. The average Bonchev–Trinajstić information content (AvgIpc) is 3.08. The molecule has 0 aliphatic rings. The summed E-state index contributed by atoms with van der Waals surface area (Å²) in [6, 6.07) is 1.78. The van der Waals surface area contributed by atoms with Crippen LogP contribution in [0.2, 0.25) is 30.2 Å². The van der Waals surface area contributed by atoms with Gasteiger partial charge in [-0.3, -0.25) is 0 Å². The summed E-state index contributed by atoms with van der Waals surface area (Å²) in [7, 11) is -18.7. The summed E-state index contributed by atoms with van der Waals surface area (Å²) in [6.07, 6.45) is 10.7. The van der Waals surface area contributed by atoms with E-state index in [9.17, 15) is 0 Å². The highest BCUT2D eigenvalue weighted by atomic mass is 28.5. The summed E-state index contributed by atoms with van der Waals surface area (Å²) in [5.41, 5.74) is 30.2. The molecule has 0 aromatic heterocycles. The maximum atomic E-state index is 7.27. The van der Waals surface area contributed by atoms with Crippen LogP contribution >= 0.6 is 0 Å². The number of hydrogen-bond donors (Lipinski definition) is 5. The molecule has 0 radical (unpaired) electrons. The van der Waals surface area contributed by atoms with Gasteiger partial charge in [0.2, 0.25) is 0 Å². The zero-order valence-electron chi connectivity index (χ0n) is 31.8. The summed E-state index contributed by atoms with van der Waals surface area (Å²) in [5.74, 6) is 0. The molecule has 0 heterocycles. The van der Waals surface area contributed by atoms with Crippen molar-refractivity contribution >= 4 is 44.0 Å². The first-order chi connectivity index (χ1) is 24.1. The molecule has 4 unspecified atom stereocenters. The molecule has 50 heavy (non-hydrogen) atoms. The second-order valence-corrected chi connectivity index (χ2v) is 25.6. The monoisotopic (exact) mass is 805 g/mol. The number of hydrogen-bond acceptors (Lipinski definition) is 16. The van der Waals surface area contributed by atoms with E-state index in [1.165, 1.54) is 0 Å². The van der Waals surface area contributed by atoms with Gasteiger partial charge in [-0.2, -0.15) is 0 Å². The van der Waals surface area contributed by atoms with Crippen LogP contribution in [-0.4, -0.2) is 116 Å². The van der Waals surface area contributed by atoms with E-state index in [4.69, 9.17) is 82.5 Å². The van der Waals surface area contributed by atoms with Gasteiger partial charge < -0.3 is 76.1 Å². The Morgan fingerprint density at radius 3 is 0.880 bits per heavy atom. The topological polar surface area (TPSA) is 232 Å². The van der Waals surface area contributed by atoms with Gasteiger partial charge in [-0.1, -0.05) is 6.42 Å². The summed E-state index contributed by atoms with van der Waals surface area (Å²) in [5, 5.41) is 0. The number of nitrogens with two attached hydrogens (primary N) is 5. The molecule has 0 rings (SSSR count). The second-order valence-electron chi connectivity index (χ2n) is 11.1. The van der Waals surface area contributed by atoms with E-state index in [-0.39, 0.29) is 26.4 Å². The fourth-order valence-electron chi connectivity index (χ4n) is 5.26. The molecule has 10 N–H and O–H groups in total. The van der Waals surface area contributed by atoms with Gasteiger partial charge in [0.1, 0.15) is 0 Å². The van der Waals surface area contributed by atoms with Crippen molar-refractivity contribution in [1.29, 1.82) is 0 Å². The maximum Gasteiger partial charge on any atom is 0.567 e. The predicted molar refractivity (Wildman–Crippen MR) is 205 cm³/mol. The van der Waals surface area contributed by atoms with Crippen molar-refractivity contribution in [2.24, 2.45) is 28.7 Å². The van der Waals surface area contributed by atoms with Gasteiger partial charge in [-0.15, -0.1) is 0 Å². The first-order valence-electron chi connectivity index (χ1n) is 18.3. The molecule has 0 amide bonds. The molecular weight excluding hydrogens is 735 g/mol. The molecule has 0 bridgehead atoms. The molecule has 0 aromatic rings. The van der Waals surface area contributed by atoms with Crippen molar-refractivity contribution in [3.8, 4) is 12.5 Å². The Morgan fingerprint density at radius 2 is 0.600 bits per heavy atom. The van der Waals surface area contributed by atoms with Crippen LogP contribution in [0.15, 0.2) is 0 Å². The Labute approximate surface area is 308 Å². The van der Waals surface area contributed by atoms with Gasteiger partial charge in [0.25, 0.3) is 0 Å². The van der Waals surface area contributed by atoms with Crippen molar-refractivity contribution in [3.05, 3.63) is 0 Å². The summed E-state index contributed by atoms with van der Waals surface area (Å²) in [6.45, 7) is 14.9. The Hall–Kier alpha value is -0.156. The van der Waals surface area contributed by atoms with Gasteiger partial charge in [0, 0.05) is 69.9 Å². The smallest absolute Gasteiger partial charge is 0.451 e. The Kier molecular flexibility index (Phi) is 28.2. The molecule has 0 spiro atoms. The second kappa shape index (κ2) is 28.3. The van der Waals surface area contributed by atoms with Crippen molar-refractivity contribution in [2.75, 3.05) is 72.4 Å². The number of rotatable bonds is 36. The lowest BCUT2D eigenvalue weighted by atomic mass is 10.5. The Bertz CT molecular complexity index is 890. The van der Waals surface area contributed by atoms with E-state index in [1.54, 1.807) is 0 Å². The van der Waals surface area contributed by atoms with Crippen LogP contribution in [0, 0.1) is 12.5 Å². The highest BCUT2D eigenvalue weighted by Gasteiger charge is 2.64. The fourth-order valence-corrected chi connectivity index (χ4v) is 27.1. The van der Waals surface area contributed by atoms with Crippen LogP contribution in [0.3, 0.4) is 0 Å². The third-order valence-corrected chi connectivity index (χ3v) is 26.7. The Morgan fingerprint density at radius 1 is 0.380 bits per heavy atom. The van der Waals surface area contributed by atoms with Crippen LogP contribution in [0.1, 0.15) is 73.6 Å². The van der Waals surface area contributed by atoms with Crippen LogP contribution in [-0.2, 0) is 47.4 Å². The van der Waals surface area contributed by atoms with Gasteiger partial charge in [0.05, 0.1) is 6.11 Å². The molecule has 0 aromatic carbocycles. The molecule has 16 nitrogen and oxygen atoms in total. The zero-order chi connectivity index (χ0) is 37.8. The average molecular weight is 806 g/mol. The lowest BCUT2D eigenvalue weighted by Gasteiger charge is -2.46. The zero-order valence-corrected chi connectivity index (χ0v) is 36.8. The van der Waals surface area contributed by atoms with E-state index in [2.05, 4.69) is 6.11 Å². The fraction of sp³-hybridized carbons (Fsp3) is 0.931. The molecule has 0 saturated carbocycles. The van der Waals surface area contributed by atoms with Crippen LogP contribution in [0.5, 0.6) is 0 Å². The van der Waals surface area contributed by atoms with E-state index in [0.29, 0.717) is 108 Å². The number of terminal acetylenes is 1. The summed E-state index contributed by atoms with van der Waals surface area (Å²) in [4.78, 5) is 0. The normalized spacial score (nSPS) is 17.0. The highest BCUT2D eigenvalue weighted by molar-refractivity contribution is 6.85. The van der Waals surface area contributed by atoms with E-state index < -0.39 is 44.0 Å². The van der Waals surface area contributed by atoms with Crippen LogP contribution in [0.25, 0.3) is 0 Å². The minimum atomic E-state index is -3.93. The minimum absolute atomic E-state index is 0.243.